The maximum Gasteiger partial charge on any atom is 0.260 e. The number of anilines is 1. The lowest BCUT2D eigenvalue weighted by Crippen LogP contribution is -2.25. The summed E-state index contributed by atoms with van der Waals surface area (Å²) in [6, 6.07) is 3.73. The summed E-state index contributed by atoms with van der Waals surface area (Å²) < 4.78 is 30.0. The van der Waals surface area contributed by atoms with E-state index in [1.807, 2.05) is 12.1 Å². The predicted molar refractivity (Wildman–Crippen MR) is 86.9 cm³/mol. The molecule has 0 aliphatic rings. The van der Waals surface area contributed by atoms with Crippen LogP contribution in [-0.4, -0.2) is 17.8 Å². The minimum absolute atomic E-state index is 0.0110. The fourth-order valence-electron chi connectivity index (χ4n) is 1.80. The number of nitrogen functional groups attached to an aromatic ring is 1. The SMILES string of the molecule is NNc1nc2sccn2c1S(=O)(=O)NCc1ccc(Br)s1. The number of hydrogen-bond acceptors (Lipinski definition) is 7. The Labute approximate surface area is 137 Å². The fraction of sp³-hybridized carbons (Fsp3) is 0.100. The van der Waals surface area contributed by atoms with Crippen LogP contribution in [0.3, 0.4) is 0 Å². The first kappa shape index (κ1) is 14.9. The van der Waals surface area contributed by atoms with Gasteiger partial charge in [0.25, 0.3) is 10.0 Å². The van der Waals surface area contributed by atoms with Gasteiger partial charge in [0, 0.05) is 23.0 Å². The van der Waals surface area contributed by atoms with Crippen molar-refractivity contribution in [1.82, 2.24) is 14.1 Å². The predicted octanol–water partition coefficient (Wildman–Crippen LogP) is 1.98. The lowest BCUT2D eigenvalue weighted by molar-refractivity contribution is 0.577. The molecule has 3 aromatic rings. The molecule has 0 unspecified atom stereocenters. The molecule has 0 aliphatic carbocycles. The minimum atomic E-state index is -3.74. The molecule has 0 aromatic carbocycles. The molecule has 0 aliphatic heterocycles. The van der Waals surface area contributed by atoms with E-state index in [1.54, 1.807) is 11.6 Å². The van der Waals surface area contributed by atoms with Crippen LogP contribution in [0.15, 0.2) is 32.5 Å². The molecule has 7 nitrogen and oxygen atoms in total. The molecule has 112 valence electrons. The second-order valence-electron chi connectivity index (χ2n) is 4.00. The maximum absolute atomic E-state index is 12.5. The summed E-state index contributed by atoms with van der Waals surface area (Å²) in [4.78, 5) is 5.60. The van der Waals surface area contributed by atoms with Gasteiger partial charge in [-0.3, -0.25) is 4.40 Å². The normalized spacial score (nSPS) is 12.1. The number of halogens is 1. The Morgan fingerprint density at radius 2 is 2.24 bits per heavy atom. The van der Waals surface area contributed by atoms with Gasteiger partial charge < -0.3 is 5.43 Å². The van der Waals surface area contributed by atoms with Gasteiger partial charge in [0.1, 0.15) is 0 Å². The van der Waals surface area contributed by atoms with E-state index in [9.17, 15) is 8.42 Å². The zero-order valence-electron chi connectivity index (χ0n) is 10.4. The number of thiophene rings is 1. The van der Waals surface area contributed by atoms with Crippen molar-refractivity contribution in [2.75, 3.05) is 5.43 Å². The summed E-state index contributed by atoms with van der Waals surface area (Å²) in [5.74, 6) is 5.49. The zero-order valence-corrected chi connectivity index (χ0v) is 14.4. The summed E-state index contributed by atoms with van der Waals surface area (Å²) in [6.07, 6.45) is 1.64. The van der Waals surface area contributed by atoms with Crippen molar-refractivity contribution in [3.63, 3.8) is 0 Å². The van der Waals surface area contributed by atoms with E-state index in [0.29, 0.717) is 4.96 Å². The van der Waals surface area contributed by atoms with Gasteiger partial charge in [0.15, 0.2) is 10.8 Å². The van der Waals surface area contributed by atoms with Crippen LogP contribution >= 0.6 is 38.6 Å². The van der Waals surface area contributed by atoms with E-state index in [4.69, 9.17) is 5.84 Å². The lowest BCUT2D eigenvalue weighted by atomic mass is 10.5. The number of thiazole rings is 1. The molecule has 0 saturated heterocycles. The van der Waals surface area contributed by atoms with Crippen LogP contribution in [0.4, 0.5) is 5.82 Å². The number of hydrogen-bond donors (Lipinski definition) is 3. The van der Waals surface area contributed by atoms with Crippen LogP contribution in [0.1, 0.15) is 4.88 Å². The van der Waals surface area contributed by atoms with Crippen molar-refractivity contribution < 1.29 is 8.42 Å². The number of fused-ring (bicyclic) bond motifs is 1. The highest BCUT2D eigenvalue weighted by Crippen LogP contribution is 2.26. The molecule has 0 saturated carbocycles. The number of aromatic nitrogens is 2. The Hall–Kier alpha value is -0.980. The number of hydrazine groups is 1. The molecule has 0 amide bonds. The molecule has 0 radical (unpaired) electrons. The number of sulfonamides is 1. The second-order valence-corrected chi connectivity index (χ2v) is 9.10. The molecular weight excluding hydrogens is 398 g/mol. The van der Waals surface area contributed by atoms with Gasteiger partial charge in [-0.25, -0.2) is 19.0 Å². The summed E-state index contributed by atoms with van der Waals surface area (Å²) in [5, 5.41) is 1.77. The summed E-state index contributed by atoms with van der Waals surface area (Å²) in [7, 11) is -3.74. The largest absolute Gasteiger partial charge is 0.306 e. The molecule has 0 bridgehead atoms. The first-order chi connectivity index (χ1) is 10.0. The van der Waals surface area contributed by atoms with Crippen LogP contribution in [0.2, 0.25) is 0 Å². The Kier molecular flexibility index (Phi) is 4.03. The van der Waals surface area contributed by atoms with E-state index >= 15 is 0 Å². The molecule has 0 fully saturated rings. The van der Waals surface area contributed by atoms with E-state index < -0.39 is 10.0 Å². The number of nitrogens with one attached hydrogen (secondary N) is 2. The molecular formula is C10H10BrN5O2S3. The van der Waals surface area contributed by atoms with Gasteiger partial charge in [0.05, 0.1) is 3.79 Å². The third-order valence-corrected chi connectivity index (χ3v) is 6.48. The molecule has 0 atom stereocenters. The average molecular weight is 408 g/mol. The van der Waals surface area contributed by atoms with Crippen molar-refractivity contribution in [2.24, 2.45) is 5.84 Å². The third-order valence-electron chi connectivity index (χ3n) is 2.67. The average Bonchev–Trinajstić information content (AvgIpc) is 3.10. The molecule has 4 N–H and O–H groups in total. The monoisotopic (exact) mass is 407 g/mol. The number of nitrogens with zero attached hydrogens (tertiary/aromatic N) is 2. The van der Waals surface area contributed by atoms with E-state index in [0.717, 1.165) is 8.66 Å². The van der Waals surface area contributed by atoms with Crippen molar-refractivity contribution in [3.05, 3.63) is 32.4 Å². The van der Waals surface area contributed by atoms with Gasteiger partial charge in [-0.05, 0) is 28.1 Å². The highest BCUT2D eigenvalue weighted by molar-refractivity contribution is 9.11. The van der Waals surface area contributed by atoms with Gasteiger partial charge >= 0.3 is 0 Å². The van der Waals surface area contributed by atoms with Crippen molar-refractivity contribution in [2.45, 2.75) is 11.6 Å². The topological polar surface area (TPSA) is 102 Å². The number of rotatable bonds is 5. The van der Waals surface area contributed by atoms with Crippen molar-refractivity contribution >= 4 is 59.4 Å². The fourth-order valence-corrected chi connectivity index (χ4v) is 5.33. The first-order valence-electron chi connectivity index (χ1n) is 5.67. The Morgan fingerprint density at radius 3 is 2.90 bits per heavy atom. The molecule has 3 heterocycles. The van der Waals surface area contributed by atoms with Crippen molar-refractivity contribution in [1.29, 1.82) is 0 Å². The van der Waals surface area contributed by atoms with E-state index in [-0.39, 0.29) is 17.4 Å². The molecule has 21 heavy (non-hydrogen) atoms. The van der Waals surface area contributed by atoms with Crippen LogP contribution in [0, 0.1) is 0 Å². The highest BCUT2D eigenvalue weighted by atomic mass is 79.9. The van der Waals surface area contributed by atoms with Crippen LogP contribution in [0.25, 0.3) is 4.96 Å². The van der Waals surface area contributed by atoms with Gasteiger partial charge in [-0.15, -0.1) is 22.7 Å². The molecule has 0 spiro atoms. The quantitative estimate of drug-likeness (QED) is 0.443. The zero-order chi connectivity index (χ0) is 15.0. The standard InChI is InChI=1S/C10H10BrN5O2S3/c11-7-2-1-6(20-7)5-13-21(17,18)9-8(15-12)14-10-16(9)3-4-19-10/h1-4,13,15H,5,12H2. The molecule has 11 heteroatoms. The highest BCUT2D eigenvalue weighted by Gasteiger charge is 2.25. The van der Waals surface area contributed by atoms with E-state index in [1.165, 1.54) is 27.1 Å². The van der Waals surface area contributed by atoms with Crippen LogP contribution in [0.5, 0.6) is 0 Å². The van der Waals surface area contributed by atoms with E-state index in [2.05, 4.69) is 31.1 Å². The second kappa shape index (κ2) is 5.66. The Balaban J connectivity index is 1.94. The van der Waals surface area contributed by atoms with Crippen molar-refractivity contribution in [3.8, 4) is 0 Å². The third kappa shape index (κ3) is 2.84. The molecule has 3 aromatic heterocycles. The lowest BCUT2D eigenvalue weighted by Gasteiger charge is -2.06. The van der Waals surface area contributed by atoms with Crippen LogP contribution in [-0.2, 0) is 16.6 Å². The first-order valence-corrected chi connectivity index (χ1v) is 9.64. The van der Waals surface area contributed by atoms with Gasteiger partial charge in [-0.2, -0.15) is 4.98 Å². The van der Waals surface area contributed by atoms with Gasteiger partial charge in [-0.1, -0.05) is 0 Å². The van der Waals surface area contributed by atoms with Crippen LogP contribution < -0.4 is 16.0 Å². The Bertz CT molecular complexity index is 882. The number of imidazole rings is 1. The summed E-state index contributed by atoms with van der Waals surface area (Å²) in [5.41, 5.74) is 2.33. The maximum atomic E-state index is 12.5. The smallest absolute Gasteiger partial charge is 0.260 e. The Morgan fingerprint density at radius 1 is 1.43 bits per heavy atom. The minimum Gasteiger partial charge on any atom is -0.306 e. The summed E-state index contributed by atoms with van der Waals surface area (Å²) in [6.45, 7) is 0.208. The molecule has 3 rings (SSSR count). The summed E-state index contributed by atoms with van der Waals surface area (Å²) >= 11 is 6.14. The van der Waals surface area contributed by atoms with Gasteiger partial charge in [0.2, 0.25) is 5.03 Å². The number of nitrogens with two attached hydrogens (primary N) is 1.